The van der Waals surface area contributed by atoms with Crippen molar-refractivity contribution >= 4 is 11.3 Å². The number of pyridine rings is 1. The maximum absolute atomic E-state index is 12.8. The second-order valence-electron chi connectivity index (χ2n) is 5.02. The number of hydrogen-bond acceptors (Lipinski definition) is 2. The lowest BCUT2D eigenvalue weighted by atomic mass is 9.97. The van der Waals surface area contributed by atoms with Gasteiger partial charge in [0.05, 0.1) is 11.1 Å². The Kier molecular flexibility index (Phi) is 2.69. The van der Waals surface area contributed by atoms with Crippen molar-refractivity contribution in [3.63, 3.8) is 0 Å². The third-order valence-electron chi connectivity index (χ3n) is 3.79. The van der Waals surface area contributed by atoms with Crippen molar-refractivity contribution in [2.75, 3.05) is 5.73 Å². The Labute approximate surface area is 108 Å². The van der Waals surface area contributed by atoms with Crippen molar-refractivity contribution in [2.45, 2.75) is 37.8 Å². The summed E-state index contributed by atoms with van der Waals surface area (Å²) in [5, 5.41) is 4.11. The van der Waals surface area contributed by atoms with E-state index in [0.717, 1.165) is 43.4 Å². The molecule has 1 fully saturated rings. The number of nitrogens with zero attached hydrogens (tertiary/aromatic N) is 2. The maximum atomic E-state index is 12.8. The molecule has 0 spiro atoms. The van der Waals surface area contributed by atoms with Crippen LogP contribution in [0.15, 0.2) is 18.3 Å². The highest BCUT2D eigenvalue weighted by Crippen LogP contribution is 2.40. The van der Waals surface area contributed by atoms with E-state index in [2.05, 4.69) is 5.10 Å². The molecule has 0 saturated heterocycles. The van der Waals surface area contributed by atoms with E-state index in [1.165, 1.54) is 10.7 Å². The summed E-state index contributed by atoms with van der Waals surface area (Å²) < 4.78 is 39.8. The normalized spacial score (nSPS) is 17.4. The molecule has 6 heteroatoms. The fourth-order valence-electron chi connectivity index (χ4n) is 2.89. The molecule has 0 atom stereocenters. The van der Waals surface area contributed by atoms with E-state index in [4.69, 9.17) is 5.73 Å². The number of nitrogens with two attached hydrogens (primary N) is 1. The van der Waals surface area contributed by atoms with E-state index in [1.807, 2.05) is 0 Å². The van der Waals surface area contributed by atoms with Crippen molar-refractivity contribution in [3.05, 3.63) is 29.5 Å². The molecule has 0 unspecified atom stereocenters. The van der Waals surface area contributed by atoms with E-state index in [9.17, 15) is 13.2 Å². The zero-order valence-corrected chi connectivity index (χ0v) is 10.2. The number of aromatic nitrogens is 2. The smallest absolute Gasteiger partial charge is 0.382 e. The molecule has 0 aromatic carbocycles. The number of fused-ring (bicyclic) bond motifs is 1. The third kappa shape index (κ3) is 2.05. The van der Waals surface area contributed by atoms with Gasteiger partial charge < -0.3 is 5.73 Å². The number of alkyl halides is 3. The van der Waals surface area contributed by atoms with Gasteiger partial charge in [-0.2, -0.15) is 18.3 Å². The summed E-state index contributed by atoms with van der Waals surface area (Å²) in [5.41, 5.74) is 6.49. The average molecular weight is 269 g/mol. The highest BCUT2D eigenvalue weighted by atomic mass is 19.4. The minimum atomic E-state index is -4.34. The van der Waals surface area contributed by atoms with Gasteiger partial charge in [-0.1, -0.05) is 12.8 Å². The lowest BCUT2D eigenvalue weighted by Gasteiger charge is -2.10. The first-order valence-corrected chi connectivity index (χ1v) is 6.32. The molecule has 2 aromatic heterocycles. The van der Waals surface area contributed by atoms with Crippen LogP contribution in [-0.4, -0.2) is 9.61 Å². The van der Waals surface area contributed by atoms with Gasteiger partial charge in [-0.25, -0.2) is 4.52 Å². The molecule has 3 nitrogen and oxygen atoms in total. The van der Waals surface area contributed by atoms with Gasteiger partial charge in [0.1, 0.15) is 5.82 Å². The molecule has 19 heavy (non-hydrogen) atoms. The molecule has 102 valence electrons. The summed E-state index contributed by atoms with van der Waals surface area (Å²) in [5.74, 6) is 0.590. The first-order valence-electron chi connectivity index (χ1n) is 6.32. The Bertz CT molecular complexity index is 609. The SMILES string of the molecule is Nc1nn2ccc(C(F)(F)F)cc2c1C1CCCC1. The highest BCUT2D eigenvalue weighted by Gasteiger charge is 2.32. The topological polar surface area (TPSA) is 43.3 Å². The molecule has 0 amide bonds. The molecule has 1 aliphatic carbocycles. The summed E-state index contributed by atoms with van der Waals surface area (Å²) in [6.07, 6.45) is 1.13. The Balaban J connectivity index is 2.17. The number of nitrogen functional groups attached to an aromatic ring is 1. The van der Waals surface area contributed by atoms with Crippen molar-refractivity contribution in [3.8, 4) is 0 Å². The van der Waals surface area contributed by atoms with Gasteiger partial charge in [0.25, 0.3) is 0 Å². The minimum absolute atomic E-state index is 0.237. The highest BCUT2D eigenvalue weighted by molar-refractivity contribution is 5.66. The standard InChI is InChI=1S/C13H14F3N3/c14-13(15,16)9-5-6-19-10(7-9)11(12(17)18-19)8-3-1-2-4-8/h5-8H,1-4H2,(H2,17,18). The lowest BCUT2D eigenvalue weighted by Crippen LogP contribution is -2.06. The predicted molar refractivity (Wildman–Crippen MR) is 65.8 cm³/mol. The number of anilines is 1. The van der Waals surface area contributed by atoms with Gasteiger partial charge in [0.15, 0.2) is 0 Å². The molecule has 2 heterocycles. The third-order valence-corrected chi connectivity index (χ3v) is 3.79. The van der Waals surface area contributed by atoms with Crippen LogP contribution in [0.1, 0.15) is 42.7 Å². The van der Waals surface area contributed by atoms with E-state index < -0.39 is 11.7 Å². The van der Waals surface area contributed by atoms with E-state index in [1.54, 1.807) is 0 Å². The monoisotopic (exact) mass is 269 g/mol. The number of rotatable bonds is 1. The van der Waals surface area contributed by atoms with Crippen LogP contribution in [0.2, 0.25) is 0 Å². The molecular formula is C13H14F3N3. The molecular weight excluding hydrogens is 255 g/mol. The molecule has 0 radical (unpaired) electrons. The second kappa shape index (κ2) is 4.15. The van der Waals surface area contributed by atoms with Crippen molar-refractivity contribution < 1.29 is 13.2 Å². The van der Waals surface area contributed by atoms with E-state index in [-0.39, 0.29) is 5.92 Å². The first-order chi connectivity index (χ1) is 8.97. The fraction of sp³-hybridized carbons (Fsp3) is 0.462. The van der Waals surface area contributed by atoms with Gasteiger partial charge in [-0.15, -0.1) is 0 Å². The van der Waals surface area contributed by atoms with Gasteiger partial charge >= 0.3 is 6.18 Å². The Morgan fingerprint density at radius 1 is 1.26 bits per heavy atom. The summed E-state index contributed by atoms with van der Waals surface area (Å²) in [4.78, 5) is 0. The zero-order chi connectivity index (χ0) is 13.6. The van der Waals surface area contributed by atoms with Gasteiger partial charge in [-0.3, -0.25) is 0 Å². The van der Waals surface area contributed by atoms with Crippen LogP contribution in [0, 0.1) is 0 Å². The predicted octanol–water partition coefficient (Wildman–Crippen LogP) is 3.59. The maximum Gasteiger partial charge on any atom is 0.416 e. The van der Waals surface area contributed by atoms with Crippen LogP contribution >= 0.6 is 0 Å². The molecule has 0 bridgehead atoms. The van der Waals surface area contributed by atoms with Gasteiger partial charge in [-0.05, 0) is 30.9 Å². The minimum Gasteiger partial charge on any atom is -0.382 e. The summed E-state index contributed by atoms with van der Waals surface area (Å²) in [6, 6.07) is 2.18. The number of halogens is 3. The molecule has 3 rings (SSSR count). The second-order valence-corrected chi connectivity index (χ2v) is 5.02. The van der Waals surface area contributed by atoms with Crippen molar-refractivity contribution in [1.29, 1.82) is 0 Å². The Morgan fingerprint density at radius 2 is 1.95 bits per heavy atom. The molecule has 1 saturated carbocycles. The van der Waals surface area contributed by atoms with E-state index >= 15 is 0 Å². The van der Waals surface area contributed by atoms with Gasteiger partial charge in [0.2, 0.25) is 0 Å². The Morgan fingerprint density at radius 3 is 2.58 bits per heavy atom. The van der Waals surface area contributed by atoms with E-state index in [0.29, 0.717) is 11.3 Å². The fourth-order valence-corrected chi connectivity index (χ4v) is 2.89. The zero-order valence-electron chi connectivity index (χ0n) is 10.2. The summed E-state index contributed by atoms with van der Waals surface area (Å²) in [7, 11) is 0. The van der Waals surface area contributed by atoms with Crippen LogP contribution in [-0.2, 0) is 6.18 Å². The van der Waals surface area contributed by atoms with Crippen molar-refractivity contribution in [2.24, 2.45) is 0 Å². The van der Waals surface area contributed by atoms with Gasteiger partial charge in [0, 0.05) is 11.8 Å². The van der Waals surface area contributed by atoms with Crippen LogP contribution in [0.3, 0.4) is 0 Å². The largest absolute Gasteiger partial charge is 0.416 e. The average Bonchev–Trinajstić information content (AvgIpc) is 2.92. The first kappa shape index (κ1) is 12.3. The molecule has 1 aliphatic rings. The van der Waals surface area contributed by atoms with Crippen molar-refractivity contribution in [1.82, 2.24) is 9.61 Å². The number of hydrogen-bond donors (Lipinski definition) is 1. The summed E-state index contributed by atoms with van der Waals surface area (Å²) in [6.45, 7) is 0. The van der Waals surface area contributed by atoms with Crippen LogP contribution in [0.4, 0.5) is 19.0 Å². The Hall–Kier alpha value is -1.72. The van der Waals surface area contributed by atoms with Crippen LogP contribution < -0.4 is 5.73 Å². The van der Waals surface area contributed by atoms with Crippen LogP contribution in [0.25, 0.3) is 5.52 Å². The lowest BCUT2D eigenvalue weighted by molar-refractivity contribution is -0.137. The van der Waals surface area contributed by atoms with Crippen LogP contribution in [0.5, 0.6) is 0 Å². The molecule has 0 aliphatic heterocycles. The molecule has 2 N–H and O–H groups in total. The quantitative estimate of drug-likeness (QED) is 0.859. The summed E-state index contributed by atoms with van der Waals surface area (Å²) >= 11 is 0. The molecule has 2 aromatic rings.